The lowest BCUT2D eigenvalue weighted by molar-refractivity contribution is -0.149. The molecule has 2 aromatic rings. The molecule has 0 unspecified atom stereocenters. The van der Waals surface area contributed by atoms with Crippen molar-refractivity contribution in [1.82, 2.24) is 14.8 Å². The Hall–Kier alpha value is -2.48. The second-order valence-corrected chi connectivity index (χ2v) is 7.21. The Labute approximate surface area is 156 Å². The molecule has 0 fully saturated rings. The monoisotopic (exact) mass is 374 g/mol. The van der Waals surface area contributed by atoms with E-state index in [1.807, 2.05) is 24.6 Å². The quantitative estimate of drug-likeness (QED) is 0.620. The molecule has 3 rings (SSSR count). The fraction of sp³-hybridized carbons (Fsp3) is 0.444. The maximum Gasteiger partial charge on any atom is 0.309 e. The molecule has 2 atom stereocenters. The van der Waals surface area contributed by atoms with Crippen molar-refractivity contribution < 1.29 is 14.3 Å². The largest absolute Gasteiger partial charge is 0.469 e. The number of esters is 1. The summed E-state index contributed by atoms with van der Waals surface area (Å²) in [5.74, 6) is -1.38. The molecule has 0 aromatic carbocycles. The van der Waals surface area contributed by atoms with E-state index in [1.165, 1.54) is 12.0 Å². The van der Waals surface area contributed by atoms with Crippen LogP contribution in [0.15, 0.2) is 30.1 Å². The summed E-state index contributed by atoms with van der Waals surface area (Å²) in [7, 11) is 1.35. The molecule has 0 bridgehead atoms. The number of hydrogen-bond donors (Lipinski definition) is 1. The van der Waals surface area contributed by atoms with E-state index in [4.69, 9.17) is 4.74 Å². The van der Waals surface area contributed by atoms with Gasteiger partial charge in [0.25, 0.3) is 0 Å². The lowest BCUT2D eigenvalue weighted by Gasteiger charge is -2.25. The van der Waals surface area contributed by atoms with Crippen LogP contribution in [0, 0.1) is 18.8 Å². The molecule has 2 aromatic heterocycles. The third kappa shape index (κ3) is 4.19. The standard InChI is InChI=1S/C18H22N4O3S/c1-12-16(26-11-19-12)7-8-22-10-13(9-20-22)21-17(23)14-5-3-4-6-15(14)18(24)25-2/h3-4,9-11,14-15H,5-8H2,1-2H3,(H,21,23)/t14-,15+/m1/s1. The van der Waals surface area contributed by atoms with Crippen LogP contribution in [0.1, 0.15) is 23.4 Å². The molecule has 1 N–H and O–H groups in total. The Bertz CT molecular complexity index is 811. The van der Waals surface area contributed by atoms with Crippen molar-refractivity contribution in [2.24, 2.45) is 11.8 Å². The molecule has 138 valence electrons. The van der Waals surface area contributed by atoms with Gasteiger partial charge in [-0.25, -0.2) is 4.98 Å². The summed E-state index contributed by atoms with van der Waals surface area (Å²) < 4.78 is 6.63. The Morgan fingerprint density at radius 2 is 2.12 bits per heavy atom. The molecule has 0 saturated carbocycles. The van der Waals surface area contributed by atoms with Crippen LogP contribution >= 0.6 is 11.3 Å². The van der Waals surface area contributed by atoms with E-state index in [0.29, 0.717) is 18.5 Å². The van der Waals surface area contributed by atoms with E-state index < -0.39 is 11.8 Å². The number of nitrogens with zero attached hydrogens (tertiary/aromatic N) is 3. The first-order valence-corrected chi connectivity index (χ1v) is 9.41. The van der Waals surface area contributed by atoms with Gasteiger partial charge in [0, 0.05) is 24.0 Å². The lowest BCUT2D eigenvalue weighted by atomic mass is 9.82. The minimum Gasteiger partial charge on any atom is -0.469 e. The van der Waals surface area contributed by atoms with Crippen molar-refractivity contribution in [2.75, 3.05) is 12.4 Å². The number of methoxy groups -OCH3 is 1. The van der Waals surface area contributed by atoms with E-state index in [-0.39, 0.29) is 11.9 Å². The zero-order valence-electron chi connectivity index (χ0n) is 14.8. The highest BCUT2D eigenvalue weighted by Gasteiger charge is 2.34. The summed E-state index contributed by atoms with van der Waals surface area (Å²) in [5, 5.41) is 7.17. The Morgan fingerprint density at radius 3 is 2.81 bits per heavy atom. The van der Waals surface area contributed by atoms with Crippen molar-refractivity contribution in [1.29, 1.82) is 0 Å². The summed E-state index contributed by atoms with van der Waals surface area (Å²) >= 11 is 1.64. The number of hydrogen-bond acceptors (Lipinski definition) is 6. The molecular formula is C18H22N4O3S. The van der Waals surface area contributed by atoms with Crippen LogP contribution < -0.4 is 5.32 Å². The molecule has 0 saturated heterocycles. The van der Waals surface area contributed by atoms with E-state index in [1.54, 1.807) is 28.4 Å². The average molecular weight is 374 g/mol. The molecule has 1 aliphatic rings. The topological polar surface area (TPSA) is 86.1 Å². The highest BCUT2D eigenvalue weighted by molar-refractivity contribution is 7.09. The van der Waals surface area contributed by atoms with Crippen LogP contribution in [0.4, 0.5) is 5.69 Å². The van der Waals surface area contributed by atoms with E-state index in [0.717, 1.165) is 18.7 Å². The molecule has 0 radical (unpaired) electrons. The Balaban J connectivity index is 1.59. The smallest absolute Gasteiger partial charge is 0.309 e. The molecule has 0 aliphatic heterocycles. The van der Waals surface area contributed by atoms with Crippen molar-refractivity contribution in [2.45, 2.75) is 32.7 Å². The van der Waals surface area contributed by atoms with Gasteiger partial charge < -0.3 is 10.1 Å². The van der Waals surface area contributed by atoms with Gasteiger partial charge in [-0.3, -0.25) is 14.3 Å². The maximum absolute atomic E-state index is 12.6. The number of nitrogens with one attached hydrogen (secondary N) is 1. The fourth-order valence-corrected chi connectivity index (χ4v) is 3.85. The summed E-state index contributed by atoms with van der Waals surface area (Å²) in [6, 6.07) is 0. The Kier molecular flexibility index (Phi) is 5.82. The van der Waals surface area contributed by atoms with Crippen LogP contribution in [0.5, 0.6) is 0 Å². The molecule has 0 spiro atoms. The molecule has 26 heavy (non-hydrogen) atoms. The van der Waals surface area contributed by atoms with Crippen molar-refractivity contribution in [3.8, 4) is 0 Å². The normalized spacial score (nSPS) is 19.3. The average Bonchev–Trinajstić information content (AvgIpc) is 3.27. The Morgan fingerprint density at radius 1 is 1.35 bits per heavy atom. The van der Waals surface area contributed by atoms with Crippen LogP contribution in [0.25, 0.3) is 0 Å². The molecule has 1 aliphatic carbocycles. The number of carbonyl (C=O) groups is 2. The first-order valence-electron chi connectivity index (χ1n) is 8.53. The molecule has 2 heterocycles. The number of carbonyl (C=O) groups excluding carboxylic acids is 2. The van der Waals surface area contributed by atoms with Crippen molar-refractivity contribution in [3.05, 3.63) is 40.6 Å². The van der Waals surface area contributed by atoms with E-state index >= 15 is 0 Å². The van der Waals surface area contributed by atoms with Crippen LogP contribution in [-0.2, 0) is 27.3 Å². The summed E-state index contributed by atoms with van der Waals surface area (Å²) in [6.45, 7) is 2.72. The van der Waals surface area contributed by atoms with E-state index in [2.05, 4.69) is 15.4 Å². The first kappa shape index (κ1) is 18.3. The van der Waals surface area contributed by atoms with Gasteiger partial charge in [-0.05, 0) is 19.8 Å². The molecule has 8 heteroatoms. The van der Waals surface area contributed by atoms with E-state index in [9.17, 15) is 9.59 Å². The fourth-order valence-electron chi connectivity index (χ4n) is 3.08. The number of aromatic nitrogens is 3. The highest BCUT2D eigenvalue weighted by atomic mass is 32.1. The lowest BCUT2D eigenvalue weighted by Crippen LogP contribution is -2.35. The second kappa shape index (κ2) is 8.27. The number of anilines is 1. The van der Waals surface area contributed by atoms with Gasteiger partial charge in [-0.15, -0.1) is 11.3 Å². The van der Waals surface area contributed by atoms with Gasteiger partial charge in [0.1, 0.15) is 0 Å². The minimum absolute atomic E-state index is 0.178. The molecular weight excluding hydrogens is 352 g/mol. The van der Waals surface area contributed by atoms with Crippen LogP contribution in [-0.4, -0.2) is 33.8 Å². The number of ether oxygens (including phenoxy) is 1. The van der Waals surface area contributed by atoms with Gasteiger partial charge in [0.05, 0.1) is 42.0 Å². The number of aryl methyl sites for hydroxylation is 3. The third-order valence-electron chi connectivity index (χ3n) is 4.59. The minimum atomic E-state index is -0.436. The number of rotatable bonds is 6. The first-order chi connectivity index (χ1) is 12.6. The zero-order chi connectivity index (χ0) is 18.5. The second-order valence-electron chi connectivity index (χ2n) is 6.27. The summed E-state index contributed by atoms with van der Waals surface area (Å²) in [5.41, 5.74) is 3.53. The third-order valence-corrected chi connectivity index (χ3v) is 5.58. The zero-order valence-corrected chi connectivity index (χ0v) is 15.7. The van der Waals surface area contributed by atoms with Gasteiger partial charge in [0.2, 0.25) is 5.91 Å². The van der Waals surface area contributed by atoms with Crippen LogP contribution in [0.3, 0.4) is 0 Å². The van der Waals surface area contributed by atoms with Gasteiger partial charge >= 0.3 is 5.97 Å². The van der Waals surface area contributed by atoms with Crippen molar-refractivity contribution >= 4 is 28.9 Å². The highest BCUT2D eigenvalue weighted by Crippen LogP contribution is 2.28. The van der Waals surface area contributed by atoms with Gasteiger partial charge in [0.15, 0.2) is 0 Å². The van der Waals surface area contributed by atoms with Gasteiger partial charge in [-0.2, -0.15) is 5.10 Å². The number of thiazole rings is 1. The van der Waals surface area contributed by atoms with Gasteiger partial charge in [-0.1, -0.05) is 12.2 Å². The van der Waals surface area contributed by atoms with Crippen LogP contribution in [0.2, 0.25) is 0 Å². The number of allylic oxidation sites excluding steroid dienone is 2. The molecule has 7 nitrogen and oxygen atoms in total. The van der Waals surface area contributed by atoms with Crippen molar-refractivity contribution in [3.63, 3.8) is 0 Å². The summed E-state index contributed by atoms with van der Waals surface area (Å²) in [4.78, 5) is 30.0. The predicted molar refractivity (Wildman–Crippen MR) is 98.8 cm³/mol. The summed E-state index contributed by atoms with van der Waals surface area (Å²) in [6.07, 6.45) is 9.20. The number of amides is 1. The molecule has 1 amide bonds. The SMILES string of the molecule is COC(=O)[C@H]1CC=CC[C@H]1C(=O)Nc1cnn(CCc2scnc2C)c1. The maximum atomic E-state index is 12.6. The predicted octanol–water partition coefficient (Wildman–Crippen LogP) is 2.58.